The quantitative estimate of drug-likeness (QED) is 0.912. The molecule has 0 bridgehead atoms. The summed E-state index contributed by atoms with van der Waals surface area (Å²) in [7, 11) is 0. The van der Waals surface area contributed by atoms with Crippen LogP contribution in [0.4, 0.5) is 0 Å². The van der Waals surface area contributed by atoms with Crippen LogP contribution in [0.25, 0.3) is 0 Å². The molecule has 4 heteroatoms. The molecule has 0 radical (unpaired) electrons. The molecule has 0 fully saturated rings. The number of rotatable bonds is 4. The molecule has 2 N–H and O–H groups in total. The zero-order chi connectivity index (χ0) is 13.1. The Kier molecular flexibility index (Phi) is 4.19. The van der Waals surface area contributed by atoms with E-state index in [0.717, 1.165) is 28.1 Å². The Hall–Kier alpha value is -1.13. The molecule has 0 saturated carbocycles. The van der Waals surface area contributed by atoms with E-state index in [-0.39, 0.29) is 6.61 Å². The smallest absolute Gasteiger partial charge is 0.108 e. The Morgan fingerprint density at radius 1 is 1.33 bits per heavy atom. The molecule has 96 valence electrons. The molecule has 0 aliphatic rings. The van der Waals surface area contributed by atoms with Crippen LogP contribution in [0.3, 0.4) is 0 Å². The third-order valence-corrected chi connectivity index (χ3v) is 3.54. The Morgan fingerprint density at radius 3 is 2.78 bits per heavy atom. The molecule has 0 amide bonds. The van der Waals surface area contributed by atoms with E-state index in [9.17, 15) is 0 Å². The highest BCUT2D eigenvalue weighted by Crippen LogP contribution is 2.19. The minimum absolute atomic E-state index is 0.129. The largest absolute Gasteiger partial charge is 0.396 e. The first-order chi connectivity index (χ1) is 8.60. The molecular weight excluding hydrogens is 292 g/mol. The van der Waals surface area contributed by atoms with Gasteiger partial charge in [0.2, 0.25) is 0 Å². The van der Waals surface area contributed by atoms with Crippen molar-refractivity contribution in [2.24, 2.45) is 0 Å². The molecule has 2 aromatic rings. The number of nitrogens with zero attached hydrogens (tertiary/aromatic N) is 1. The fourth-order valence-electron chi connectivity index (χ4n) is 2.00. The van der Waals surface area contributed by atoms with Gasteiger partial charge in [0, 0.05) is 23.0 Å². The second-order valence-electron chi connectivity index (χ2n) is 4.48. The molecule has 0 saturated heterocycles. The number of aromatic nitrogens is 2. The predicted molar refractivity (Wildman–Crippen MR) is 75.8 cm³/mol. The standard InChI is InChI=1S/C14H17BrN2O/c1-9-7-12(15)4-3-11(9)8-13-10(2)16-14(17-13)5-6-18/h3-4,7,18H,5-6,8H2,1-2H3,(H,16,17). The van der Waals surface area contributed by atoms with Gasteiger partial charge in [-0.3, -0.25) is 0 Å². The number of hydrogen-bond donors (Lipinski definition) is 2. The summed E-state index contributed by atoms with van der Waals surface area (Å²) in [6.45, 7) is 4.26. The maximum absolute atomic E-state index is 8.92. The lowest BCUT2D eigenvalue weighted by molar-refractivity contribution is 0.297. The van der Waals surface area contributed by atoms with E-state index >= 15 is 0 Å². The molecule has 0 unspecified atom stereocenters. The van der Waals surface area contributed by atoms with Crippen molar-refractivity contribution < 1.29 is 5.11 Å². The van der Waals surface area contributed by atoms with Gasteiger partial charge in [-0.05, 0) is 37.1 Å². The summed E-state index contributed by atoms with van der Waals surface area (Å²) < 4.78 is 1.10. The van der Waals surface area contributed by atoms with Crippen molar-refractivity contribution in [1.82, 2.24) is 9.97 Å². The molecule has 1 aromatic heterocycles. The van der Waals surface area contributed by atoms with Crippen molar-refractivity contribution in [3.8, 4) is 0 Å². The molecule has 2 rings (SSSR count). The van der Waals surface area contributed by atoms with Crippen LogP contribution in [0.2, 0.25) is 0 Å². The number of benzene rings is 1. The van der Waals surface area contributed by atoms with Crippen LogP contribution in [-0.2, 0) is 12.8 Å². The minimum atomic E-state index is 0.129. The monoisotopic (exact) mass is 308 g/mol. The fraction of sp³-hybridized carbons (Fsp3) is 0.357. The number of halogens is 1. The maximum atomic E-state index is 8.92. The SMILES string of the molecule is Cc1cc(Br)ccc1Cc1nc(CCO)[nH]c1C. The normalized spacial score (nSPS) is 10.9. The van der Waals surface area contributed by atoms with Gasteiger partial charge in [-0.25, -0.2) is 4.98 Å². The molecule has 3 nitrogen and oxygen atoms in total. The van der Waals surface area contributed by atoms with Gasteiger partial charge < -0.3 is 10.1 Å². The number of aryl methyl sites for hydroxylation is 2. The van der Waals surface area contributed by atoms with Gasteiger partial charge in [0.25, 0.3) is 0 Å². The first kappa shape index (κ1) is 13.3. The van der Waals surface area contributed by atoms with Gasteiger partial charge in [0.15, 0.2) is 0 Å². The zero-order valence-electron chi connectivity index (χ0n) is 10.6. The summed E-state index contributed by atoms with van der Waals surface area (Å²) >= 11 is 3.47. The first-order valence-electron chi connectivity index (χ1n) is 6.00. The van der Waals surface area contributed by atoms with Crippen molar-refractivity contribution in [2.75, 3.05) is 6.61 Å². The number of aliphatic hydroxyl groups is 1. The van der Waals surface area contributed by atoms with E-state index in [2.05, 4.69) is 51.0 Å². The second-order valence-corrected chi connectivity index (χ2v) is 5.39. The average Bonchev–Trinajstić information content (AvgIpc) is 2.64. The fourth-order valence-corrected chi connectivity index (χ4v) is 2.47. The zero-order valence-corrected chi connectivity index (χ0v) is 12.2. The highest BCUT2D eigenvalue weighted by atomic mass is 79.9. The summed E-state index contributed by atoms with van der Waals surface area (Å²) in [5.74, 6) is 0.861. The predicted octanol–water partition coefficient (Wildman–Crippen LogP) is 2.91. The summed E-state index contributed by atoms with van der Waals surface area (Å²) in [6.07, 6.45) is 1.41. The minimum Gasteiger partial charge on any atom is -0.396 e. The Balaban J connectivity index is 2.22. The maximum Gasteiger partial charge on any atom is 0.108 e. The molecule has 1 aromatic carbocycles. The van der Waals surface area contributed by atoms with Crippen LogP contribution >= 0.6 is 15.9 Å². The van der Waals surface area contributed by atoms with E-state index in [1.807, 2.05) is 6.92 Å². The highest BCUT2D eigenvalue weighted by Gasteiger charge is 2.08. The van der Waals surface area contributed by atoms with Crippen LogP contribution in [-0.4, -0.2) is 21.7 Å². The lowest BCUT2D eigenvalue weighted by Gasteiger charge is -2.05. The van der Waals surface area contributed by atoms with Crippen molar-refractivity contribution in [3.63, 3.8) is 0 Å². The van der Waals surface area contributed by atoms with Crippen molar-refractivity contribution >= 4 is 15.9 Å². The molecule has 1 heterocycles. The highest BCUT2D eigenvalue weighted by molar-refractivity contribution is 9.10. The van der Waals surface area contributed by atoms with E-state index < -0.39 is 0 Å². The third kappa shape index (κ3) is 3.00. The number of hydrogen-bond acceptors (Lipinski definition) is 2. The molecule has 18 heavy (non-hydrogen) atoms. The summed E-state index contributed by atoms with van der Waals surface area (Å²) in [6, 6.07) is 6.30. The van der Waals surface area contributed by atoms with E-state index in [1.54, 1.807) is 0 Å². The van der Waals surface area contributed by atoms with Crippen LogP contribution in [0.5, 0.6) is 0 Å². The molecular formula is C14H17BrN2O. The van der Waals surface area contributed by atoms with Gasteiger partial charge in [0.05, 0.1) is 12.3 Å². The average molecular weight is 309 g/mol. The Morgan fingerprint density at radius 2 is 2.11 bits per heavy atom. The van der Waals surface area contributed by atoms with Crippen LogP contribution in [0.1, 0.15) is 28.3 Å². The third-order valence-electron chi connectivity index (χ3n) is 3.05. The van der Waals surface area contributed by atoms with Gasteiger partial charge in [-0.2, -0.15) is 0 Å². The van der Waals surface area contributed by atoms with E-state index in [4.69, 9.17) is 5.11 Å². The van der Waals surface area contributed by atoms with Crippen LogP contribution in [0, 0.1) is 13.8 Å². The van der Waals surface area contributed by atoms with Gasteiger partial charge in [0.1, 0.15) is 5.82 Å². The number of H-pyrrole nitrogens is 1. The topological polar surface area (TPSA) is 48.9 Å². The molecule has 0 aliphatic carbocycles. The van der Waals surface area contributed by atoms with E-state index in [0.29, 0.717) is 6.42 Å². The summed E-state index contributed by atoms with van der Waals surface area (Å²) in [5.41, 5.74) is 4.68. The Labute approximate surface area is 115 Å². The van der Waals surface area contributed by atoms with Gasteiger partial charge in [-0.1, -0.05) is 22.0 Å². The van der Waals surface area contributed by atoms with Crippen molar-refractivity contribution in [3.05, 3.63) is 51.0 Å². The number of imidazole rings is 1. The lowest BCUT2D eigenvalue weighted by Crippen LogP contribution is -1.95. The van der Waals surface area contributed by atoms with Crippen molar-refractivity contribution in [1.29, 1.82) is 0 Å². The summed E-state index contributed by atoms with van der Waals surface area (Å²) in [4.78, 5) is 7.75. The van der Waals surface area contributed by atoms with E-state index in [1.165, 1.54) is 11.1 Å². The van der Waals surface area contributed by atoms with Crippen LogP contribution in [0.15, 0.2) is 22.7 Å². The molecule has 0 spiro atoms. The van der Waals surface area contributed by atoms with Gasteiger partial charge >= 0.3 is 0 Å². The summed E-state index contributed by atoms with van der Waals surface area (Å²) in [5, 5.41) is 8.92. The number of aromatic amines is 1. The first-order valence-corrected chi connectivity index (χ1v) is 6.79. The molecule has 0 atom stereocenters. The lowest BCUT2D eigenvalue weighted by atomic mass is 10.0. The van der Waals surface area contributed by atoms with Gasteiger partial charge in [-0.15, -0.1) is 0 Å². The second kappa shape index (κ2) is 5.67. The van der Waals surface area contributed by atoms with Crippen LogP contribution < -0.4 is 0 Å². The number of aliphatic hydroxyl groups excluding tert-OH is 1. The molecule has 0 aliphatic heterocycles. The Bertz CT molecular complexity index is 549. The number of nitrogens with one attached hydrogen (secondary N) is 1. The van der Waals surface area contributed by atoms with Crippen molar-refractivity contribution in [2.45, 2.75) is 26.7 Å².